The number of hydrogen-bond donors (Lipinski definition) is 2. The fourth-order valence-corrected chi connectivity index (χ4v) is 9.58. The summed E-state index contributed by atoms with van der Waals surface area (Å²) in [6.45, 7) is 3.80. The lowest BCUT2D eigenvalue weighted by atomic mass is 10.0. The van der Waals surface area contributed by atoms with E-state index in [2.05, 4.69) is 26.0 Å². The summed E-state index contributed by atoms with van der Waals surface area (Å²) >= 11 is 0. The van der Waals surface area contributed by atoms with Crippen LogP contribution in [0.1, 0.15) is 309 Å². The molecule has 0 aromatic rings. The smallest absolute Gasteiger partial charge is 0.462 e. The minimum Gasteiger partial charge on any atom is -0.462 e. The second-order valence-corrected chi connectivity index (χ2v) is 21.3. The molecule has 0 heterocycles. The van der Waals surface area contributed by atoms with Crippen molar-refractivity contribution in [3.05, 3.63) is 12.2 Å². The van der Waals surface area contributed by atoms with Crippen molar-refractivity contribution in [1.29, 1.82) is 0 Å². The molecule has 2 atom stereocenters. The molecule has 0 saturated carbocycles. The molecule has 3 N–H and O–H groups in total. The topological polar surface area (TPSA) is 134 Å². The number of carbonyl (C=O) groups is 2. The molecule has 0 rings (SSSR count). The number of allylic oxidation sites excluding steroid dienone is 2. The van der Waals surface area contributed by atoms with Gasteiger partial charge in [0.1, 0.15) is 6.61 Å². The highest BCUT2D eigenvalue weighted by Gasteiger charge is 2.26. The largest absolute Gasteiger partial charge is 0.472 e. The van der Waals surface area contributed by atoms with Crippen molar-refractivity contribution in [3.8, 4) is 0 Å². The lowest BCUT2D eigenvalue weighted by Gasteiger charge is -2.19. The van der Waals surface area contributed by atoms with Crippen LogP contribution in [0.2, 0.25) is 0 Å². The molecule has 0 spiro atoms. The van der Waals surface area contributed by atoms with Crippen LogP contribution in [0.4, 0.5) is 0 Å². The van der Waals surface area contributed by atoms with Gasteiger partial charge in [-0.3, -0.25) is 18.6 Å². The Morgan fingerprint density at radius 3 is 1.06 bits per heavy atom. The van der Waals surface area contributed by atoms with Gasteiger partial charge in [-0.2, -0.15) is 0 Å². The standard InChI is InChI=1S/C57H112NO8P/c1-3-5-7-9-11-13-15-17-19-20-21-22-23-24-25-26-27-28-29-30-31-32-33-34-36-38-40-42-44-46-48-50-57(60)66-55(54-65-67(61,62)64-52-51-58)53-63-56(59)49-47-45-43-41-39-37-35-18-16-14-12-10-8-6-4-2/h20-21,55H,3-19,22-54,58H2,1-2H3,(H,61,62)/b21-20-. The zero-order valence-corrected chi connectivity index (χ0v) is 45.3. The normalized spacial score (nSPS) is 13.1. The van der Waals surface area contributed by atoms with E-state index in [9.17, 15) is 19.0 Å². The molecule has 0 aromatic heterocycles. The Morgan fingerprint density at radius 2 is 0.731 bits per heavy atom. The van der Waals surface area contributed by atoms with Crippen LogP contribution in [0.3, 0.4) is 0 Å². The van der Waals surface area contributed by atoms with E-state index < -0.39 is 26.5 Å². The number of unbranched alkanes of at least 4 members (excludes halogenated alkanes) is 41. The molecular weight excluding hydrogens is 858 g/mol. The molecule has 2 unspecified atom stereocenters. The highest BCUT2D eigenvalue weighted by molar-refractivity contribution is 7.47. The number of phosphoric ester groups is 1. The number of carbonyl (C=O) groups excluding carboxylic acids is 2. The van der Waals surface area contributed by atoms with Gasteiger partial charge in [-0.1, -0.05) is 270 Å². The Balaban J connectivity index is 3.84. The zero-order chi connectivity index (χ0) is 48.8. The van der Waals surface area contributed by atoms with E-state index in [4.69, 9.17) is 24.3 Å². The van der Waals surface area contributed by atoms with E-state index in [-0.39, 0.29) is 38.6 Å². The summed E-state index contributed by atoms with van der Waals surface area (Å²) in [5.41, 5.74) is 5.38. The van der Waals surface area contributed by atoms with Gasteiger partial charge >= 0.3 is 19.8 Å². The predicted molar refractivity (Wildman–Crippen MR) is 284 cm³/mol. The monoisotopic (exact) mass is 970 g/mol. The second-order valence-electron chi connectivity index (χ2n) is 19.9. The number of esters is 2. The maximum atomic E-state index is 12.7. The molecule has 0 radical (unpaired) electrons. The van der Waals surface area contributed by atoms with Crippen LogP contribution in [-0.4, -0.2) is 49.3 Å². The third-order valence-corrected chi connectivity index (χ3v) is 14.1. The van der Waals surface area contributed by atoms with Crippen molar-refractivity contribution in [1.82, 2.24) is 0 Å². The molecular formula is C57H112NO8P. The van der Waals surface area contributed by atoms with Crippen LogP contribution in [0.25, 0.3) is 0 Å². The van der Waals surface area contributed by atoms with Gasteiger partial charge in [-0.05, 0) is 38.5 Å². The summed E-state index contributed by atoms with van der Waals surface area (Å²) in [4.78, 5) is 35.1. The van der Waals surface area contributed by atoms with Crippen molar-refractivity contribution in [2.45, 2.75) is 315 Å². The lowest BCUT2D eigenvalue weighted by molar-refractivity contribution is -0.161. The molecule has 10 heteroatoms. The second kappa shape index (κ2) is 54.1. The van der Waals surface area contributed by atoms with Crippen molar-refractivity contribution < 1.29 is 37.6 Å². The summed E-state index contributed by atoms with van der Waals surface area (Å²) in [6, 6.07) is 0. The minimum absolute atomic E-state index is 0.0575. The Bertz CT molecular complexity index is 1110. The van der Waals surface area contributed by atoms with Crippen LogP contribution in [0.15, 0.2) is 12.2 Å². The number of phosphoric acid groups is 1. The molecule has 0 aliphatic carbocycles. The van der Waals surface area contributed by atoms with Gasteiger partial charge in [0, 0.05) is 19.4 Å². The van der Waals surface area contributed by atoms with E-state index >= 15 is 0 Å². The molecule has 0 aliphatic rings. The fourth-order valence-electron chi connectivity index (χ4n) is 8.81. The van der Waals surface area contributed by atoms with Gasteiger partial charge in [0.15, 0.2) is 6.10 Å². The van der Waals surface area contributed by atoms with Gasteiger partial charge in [0.25, 0.3) is 0 Å². The molecule has 67 heavy (non-hydrogen) atoms. The van der Waals surface area contributed by atoms with E-state index in [1.54, 1.807) is 0 Å². The average molecular weight is 970 g/mol. The quantitative estimate of drug-likeness (QED) is 0.0264. The maximum absolute atomic E-state index is 12.7. The first-order chi connectivity index (χ1) is 32.8. The first-order valence-corrected chi connectivity index (χ1v) is 30.7. The summed E-state index contributed by atoms with van der Waals surface area (Å²) < 4.78 is 33.0. The molecule has 9 nitrogen and oxygen atoms in total. The average Bonchev–Trinajstić information content (AvgIpc) is 3.32. The summed E-state index contributed by atoms with van der Waals surface area (Å²) in [6.07, 6.45) is 61.4. The van der Waals surface area contributed by atoms with E-state index in [0.29, 0.717) is 6.42 Å². The molecule has 0 bridgehead atoms. The Hall–Kier alpha value is -1.25. The highest BCUT2D eigenvalue weighted by atomic mass is 31.2. The Kier molecular flexibility index (Phi) is 53.1. The molecule has 398 valence electrons. The van der Waals surface area contributed by atoms with Crippen molar-refractivity contribution >= 4 is 19.8 Å². The maximum Gasteiger partial charge on any atom is 0.472 e. The first-order valence-electron chi connectivity index (χ1n) is 29.2. The van der Waals surface area contributed by atoms with Gasteiger partial charge in [0.05, 0.1) is 13.2 Å². The summed E-state index contributed by atoms with van der Waals surface area (Å²) in [5, 5.41) is 0. The van der Waals surface area contributed by atoms with Gasteiger partial charge in [0.2, 0.25) is 0 Å². The number of ether oxygens (including phenoxy) is 2. The molecule has 0 saturated heterocycles. The molecule has 0 aliphatic heterocycles. The van der Waals surface area contributed by atoms with Gasteiger partial charge < -0.3 is 20.1 Å². The zero-order valence-electron chi connectivity index (χ0n) is 44.4. The van der Waals surface area contributed by atoms with Crippen molar-refractivity contribution in [2.75, 3.05) is 26.4 Å². The Labute approximate surface area is 415 Å². The van der Waals surface area contributed by atoms with Crippen LogP contribution in [-0.2, 0) is 32.7 Å². The first kappa shape index (κ1) is 65.8. The Morgan fingerprint density at radius 1 is 0.433 bits per heavy atom. The van der Waals surface area contributed by atoms with Crippen LogP contribution in [0.5, 0.6) is 0 Å². The third kappa shape index (κ3) is 53.9. The number of rotatable bonds is 56. The fraction of sp³-hybridized carbons (Fsp3) is 0.930. The van der Waals surface area contributed by atoms with Gasteiger partial charge in [-0.25, -0.2) is 4.57 Å². The van der Waals surface area contributed by atoms with E-state index in [0.717, 1.165) is 32.1 Å². The van der Waals surface area contributed by atoms with Crippen molar-refractivity contribution in [3.63, 3.8) is 0 Å². The number of hydrogen-bond acceptors (Lipinski definition) is 8. The minimum atomic E-state index is -4.38. The van der Waals surface area contributed by atoms with Crippen LogP contribution >= 0.6 is 7.82 Å². The van der Waals surface area contributed by atoms with Crippen molar-refractivity contribution in [2.24, 2.45) is 5.73 Å². The molecule has 0 aromatic carbocycles. The highest BCUT2D eigenvalue weighted by Crippen LogP contribution is 2.43. The predicted octanol–water partition coefficient (Wildman–Crippen LogP) is 18.1. The number of nitrogens with two attached hydrogens (primary N) is 1. The lowest BCUT2D eigenvalue weighted by Crippen LogP contribution is -2.29. The van der Waals surface area contributed by atoms with Crippen LogP contribution < -0.4 is 5.73 Å². The molecule has 0 amide bonds. The third-order valence-electron chi connectivity index (χ3n) is 13.2. The van der Waals surface area contributed by atoms with E-state index in [1.165, 1.54) is 244 Å². The SMILES string of the molecule is CCCCCCCCCC/C=C\CCCCCCCCCCCCCCCCCCCCCC(=O)OC(COC(=O)CCCCCCCCCCCCCCCCC)COP(=O)(O)OCCN. The summed E-state index contributed by atoms with van der Waals surface area (Å²) in [5.74, 6) is -0.807. The van der Waals surface area contributed by atoms with Crippen LogP contribution in [0, 0.1) is 0 Å². The van der Waals surface area contributed by atoms with Gasteiger partial charge in [-0.15, -0.1) is 0 Å². The summed E-state index contributed by atoms with van der Waals surface area (Å²) in [7, 11) is -4.38. The van der Waals surface area contributed by atoms with E-state index in [1.807, 2.05) is 0 Å². The molecule has 0 fully saturated rings.